The summed E-state index contributed by atoms with van der Waals surface area (Å²) in [5, 5.41) is 10.9. The highest BCUT2D eigenvalue weighted by Gasteiger charge is 2.17. The lowest BCUT2D eigenvalue weighted by Gasteiger charge is -2.29. The Bertz CT molecular complexity index is 827. The number of amides is 1. The molecule has 0 aliphatic carbocycles. The highest BCUT2D eigenvalue weighted by Crippen LogP contribution is 2.22. The van der Waals surface area contributed by atoms with Crippen LogP contribution in [0.5, 0.6) is 0 Å². The van der Waals surface area contributed by atoms with Gasteiger partial charge >= 0.3 is 0 Å². The number of carbonyl (C=O) groups is 1. The first-order valence-electron chi connectivity index (χ1n) is 9.30. The van der Waals surface area contributed by atoms with E-state index >= 15 is 0 Å². The zero-order valence-corrected chi connectivity index (χ0v) is 15.9. The molecule has 0 aromatic heterocycles. The average Bonchev–Trinajstić information content (AvgIpc) is 2.68. The Morgan fingerprint density at radius 2 is 1.78 bits per heavy atom. The smallest absolute Gasteiger partial charge is 0.272 e. The van der Waals surface area contributed by atoms with Crippen LogP contribution in [-0.2, 0) is 6.54 Å². The highest BCUT2D eigenvalue weighted by molar-refractivity contribution is 5.94. The molecule has 142 valence electrons. The third-order valence-corrected chi connectivity index (χ3v) is 5.06. The number of nitro groups is 1. The Kier molecular flexibility index (Phi) is 5.74. The van der Waals surface area contributed by atoms with Crippen molar-refractivity contribution < 1.29 is 9.72 Å². The summed E-state index contributed by atoms with van der Waals surface area (Å²) in [4.78, 5) is 27.2. The zero-order chi connectivity index (χ0) is 19.4. The molecule has 1 saturated heterocycles. The van der Waals surface area contributed by atoms with Crippen LogP contribution < -0.4 is 4.90 Å². The SMILES string of the molecule is Cc1cc(C(=O)N(C)Cc2ccc(N3CCCCC3)cc2)ccc1[N+](=O)[O-]. The van der Waals surface area contributed by atoms with E-state index in [9.17, 15) is 14.9 Å². The van der Waals surface area contributed by atoms with Crippen molar-refractivity contribution in [2.45, 2.75) is 32.7 Å². The molecule has 0 saturated carbocycles. The molecule has 0 unspecified atom stereocenters. The monoisotopic (exact) mass is 367 g/mol. The van der Waals surface area contributed by atoms with Gasteiger partial charge < -0.3 is 9.80 Å². The number of hydrogen-bond acceptors (Lipinski definition) is 4. The summed E-state index contributed by atoms with van der Waals surface area (Å²) >= 11 is 0. The molecule has 1 heterocycles. The normalized spacial score (nSPS) is 14.1. The molecule has 0 atom stereocenters. The Morgan fingerprint density at radius 3 is 2.37 bits per heavy atom. The van der Waals surface area contributed by atoms with E-state index in [0.717, 1.165) is 18.7 Å². The van der Waals surface area contributed by atoms with Gasteiger partial charge in [0.2, 0.25) is 0 Å². The minimum absolute atomic E-state index is 0.0301. The van der Waals surface area contributed by atoms with Gasteiger partial charge in [-0.2, -0.15) is 0 Å². The first-order valence-corrected chi connectivity index (χ1v) is 9.30. The molecule has 2 aromatic rings. The Morgan fingerprint density at radius 1 is 1.11 bits per heavy atom. The molecule has 1 aliphatic rings. The van der Waals surface area contributed by atoms with Crippen molar-refractivity contribution in [1.82, 2.24) is 4.90 Å². The number of nitro benzene ring substituents is 1. The summed E-state index contributed by atoms with van der Waals surface area (Å²) in [5.41, 5.74) is 3.28. The van der Waals surface area contributed by atoms with Crippen LogP contribution in [0, 0.1) is 17.0 Å². The van der Waals surface area contributed by atoms with E-state index in [1.165, 1.54) is 37.1 Å². The van der Waals surface area contributed by atoms with E-state index in [1.54, 1.807) is 24.9 Å². The van der Waals surface area contributed by atoms with Gasteiger partial charge in [-0.15, -0.1) is 0 Å². The van der Waals surface area contributed by atoms with E-state index in [-0.39, 0.29) is 11.6 Å². The quantitative estimate of drug-likeness (QED) is 0.588. The van der Waals surface area contributed by atoms with Gasteiger partial charge in [-0.05, 0) is 56.0 Å². The van der Waals surface area contributed by atoms with Crippen LogP contribution in [-0.4, -0.2) is 35.9 Å². The number of aryl methyl sites for hydroxylation is 1. The fraction of sp³-hybridized carbons (Fsp3) is 0.381. The molecular formula is C21H25N3O3. The molecule has 6 nitrogen and oxygen atoms in total. The number of nitrogens with zero attached hydrogens (tertiary/aromatic N) is 3. The summed E-state index contributed by atoms with van der Waals surface area (Å²) in [6.07, 6.45) is 3.80. The average molecular weight is 367 g/mol. The molecule has 0 spiro atoms. The van der Waals surface area contributed by atoms with Crippen molar-refractivity contribution in [3.05, 3.63) is 69.3 Å². The lowest BCUT2D eigenvalue weighted by atomic mass is 10.1. The van der Waals surface area contributed by atoms with Crippen molar-refractivity contribution in [1.29, 1.82) is 0 Å². The third kappa shape index (κ3) is 4.45. The summed E-state index contributed by atoms with van der Waals surface area (Å²) in [6, 6.07) is 12.9. The van der Waals surface area contributed by atoms with Gasteiger partial charge in [0.15, 0.2) is 0 Å². The molecule has 27 heavy (non-hydrogen) atoms. The van der Waals surface area contributed by atoms with Crippen LogP contribution >= 0.6 is 0 Å². The topological polar surface area (TPSA) is 66.7 Å². The molecular weight excluding hydrogens is 342 g/mol. The maximum Gasteiger partial charge on any atom is 0.272 e. The van der Waals surface area contributed by atoms with Crippen LogP contribution in [0.1, 0.15) is 40.7 Å². The van der Waals surface area contributed by atoms with Gasteiger partial charge in [-0.25, -0.2) is 0 Å². The third-order valence-electron chi connectivity index (χ3n) is 5.06. The van der Waals surface area contributed by atoms with Gasteiger partial charge in [-0.3, -0.25) is 14.9 Å². The molecule has 1 fully saturated rings. The van der Waals surface area contributed by atoms with E-state index in [1.807, 2.05) is 0 Å². The lowest BCUT2D eigenvalue weighted by molar-refractivity contribution is -0.385. The lowest BCUT2D eigenvalue weighted by Crippen LogP contribution is -2.29. The summed E-state index contributed by atoms with van der Waals surface area (Å²) < 4.78 is 0. The molecule has 6 heteroatoms. The maximum atomic E-state index is 12.6. The van der Waals surface area contributed by atoms with Crippen molar-refractivity contribution in [3.8, 4) is 0 Å². The highest BCUT2D eigenvalue weighted by atomic mass is 16.6. The van der Waals surface area contributed by atoms with E-state index in [4.69, 9.17) is 0 Å². The second-order valence-corrected chi connectivity index (χ2v) is 7.13. The van der Waals surface area contributed by atoms with Gasteiger partial charge in [0.05, 0.1) is 4.92 Å². The number of hydrogen-bond donors (Lipinski definition) is 0. The number of piperidine rings is 1. The predicted octanol–water partition coefficient (Wildman–Crippen LogP) is 4.17. The minimum Gasteiger partial charge on any atom is -0.372 e. The summed E-state index contributed by atoms with van der Waals surface area (Å²) in [6.45, 7) is 4.36. The van der Waals surface area contributed by atoms with Crippen LogP contribution in [0.25, 0.3) is 0 Å². The molecule has 2 aromatic carbocycles. The predicted molar refractivity (Wildman–Crippen MR) is 106 cm³/mol. The van der Waals surface area contributed by atoms with E-state index < -0.39 is 4.92 Å². The van der Waals surface area contributed by atoms with Gasteiger partial charge in [0, 0.05) is 49.6 Å². The van der Waals surface area contributed by atoms with Gasteiger partial charge in [0.25, 0.3) is 11.6 Å². The number of carbonyl (C=O) groups excluding carboxylic acids is 1. The molecule has 0 N–H and O–H groups in total. The first kappa shape index (κ1) is 18.9. The van der Waals surface area contributed by atoms with Crippen molar-refractivity contribution in [2.75, 3.05) is 25.0 Å². The van der Waals surface area contributed by atoms with Crippen LogP contribution in [0.4, 0.5) is 11.4 Å². The second-order valence-electron chi connectivity index (χ2n) is 7.13. The fourth-order valence-corrected chi connectivity index (χ4v) is 3.52. The van der Waals surface area contributed by atoms with Crippen molar-refractivity contribution in [3.63, 3.8) is 0 Å². The van der Waals surface area contributed by atoms with Crippen LogP contribution in [0.15, 0.2) is 42.5 Å². The van der Waals surface area contributed by atoms with Crippen LogP contribution in [0.3, 0.4) is 0 Å². The second kappa shape index (κ2) is 8.20. The summed E-state index contributed by atoms with van der Waals surface area (Å²) in [7, 11) is 1.75. The first-order chi connectivity index (χ1) is 13.0. The van der Waals surface area contributed by atoms with Gasteiger partial charge in [0.1, 0.15) is 0 Å². The fourth-order valence-electron chi connectivity index (χ4n) is 3.52. The zero-order valence-electron chi connectivity index (χ0n) is 15.9. The van der Waals surface area contributed by atoms with E-state index in [2.05, 4.69) is 29.2 Å². The Balaban J connectivity index is 1.65. The van der Waals surface area contributed by atoms with Crippen molar-refractivity contribution >= 4 is 17.3 Å². The minimum atomic E-state index is -0.433. The largest absolute Gasteiger partial charge is 0.372 e. The Labute approximate surface area is 159 Å². The molecule has 3 rings (SSSR count). The maximum absolute atomic E-state index is 12.6. The number of benzene rings is 2. The standard InChI is InChI=1S/C21H25N3O3/c1-16-14-18(8-11-20(16)24(26)27)21(25)22(2)15-17-6-9-19(10-7-17)23-12-4-3-5-13-23/h6-11,14H,3-5,12-13,15H2,1-2H3. The van der Waals surface area contributed by atoms with Gasteiger partial charge in [-0.1, -0.05) is 12.1 Å². The number of anilines is 1. The number of rotatable bonds is 5. The Hall–Kier alpha value is -2.89. The van der Waals surface area contributed by atoms with Crippen molar-refractivity contribution in [2.24, 2.45) is 0 Å². The van der Waals surface area contributed by atoms with E-state index in [0.29, 0.717) is 17.7 Å². The molecule has 0 bridgehead atoms. The molecule has 1 aliphatic heterocycles. The molecule has 0 radical (unpaired) electrons. The molecule has 1 amide bonds. The summed E-state index contributed by atoms with van der Waals surface area (Å²) in [5.74, 6) is -0.145. The van der Waals surface area contributed by atoms with Crippen LogP contribution in [0.2, 0.25) is 0 Å².